The SMILES string of the molecule is C=C1CS[C@H]([C@H](NC(=O)Cc2ccccc2)C(=O)O)N=C1C(=O)O. The number of aliphatic carboxylic acids is 2. The number of carboxylic acid groups (broad SMARTS) is 2. The van der Waals surface area contributed by atoms with Crippen LogP contribution in [0.15, 0.2) is 47.5 Å². The molecule has 0 radical (unpaired) electrons. The van der Waals surface area contributed by atoms with Gasteiger partial charge in [0.15, 0.2) is 6.04 Å². The maximum atomic E-state index is 12.1. The zero-order valence-electron chi connectivity index (χ0n) is 12.6. The fourth-order valence-electron chi connectivity index (χ4n) is 2.15. The Hall–Kier alpha value is -2.61. The van der Waals surface area contributed by atoms with Gasteiger partial charge >= 0.3 is 11.9 Å². The molecule has 0 unspecified atom stereocenters. The fourth-order valence-corrected chi connectivity index (χ4v) is 3.21. The van der Waals surface area contributed by atoms with Crippen LogP contribution in [0.5, 0.6) is 0 Å². The van der Waals surface area contributed by atoms with Gasteiger partial charge in [0.05, 0.1) is 6.42 Å². The van der Waals surface area contributed by atoms with Crippen LogP contribution < -0.4 is 5.32 Å². The van der Waals surface area contributed by atoms with Crippen LogP contribution in [0.3, 0.4) is 0 Å². The van der Waals surface area contributed by atoms with Crippen LogP contribution in [-0.2, 0) is 20.8 Å². The van der Waals surface area contributed by atoms with E-state index in [4.69, 9.17) is 5.11 Å². The highest BCUT2D eigenvalue weighted by Crippen LogP contribution is 2.25. The van der Waals surface area contributed by atoms with Gasteiger partial charge in [-0.15, -0.1) is 11.8 Å². The van der Waals surface area contributed by atoms with E-state index in [0.717, 1.165) is 17.3 Å². The zero-order chi connectivity index (χ0) is 17.7. The molecule has 7 nitrogen and oxygen atoms in total. The number of carbonyl (C=O) groups is 3. The number of thioether (sulfide) groups is 1. The van der Waals surface area contributed by atoms with E-state index in [0.29, 0.717) is 5.57 Å². The van der Waals surface area contributed by atoms with Crippen LogP contribution in [0.25, 0.3) is 0 Å². The quantitative estimate of drug-likeness (QED) is 0.705. The Morgan fingerprint density at radius 3 is 2.54 bits per heavy atom. The van der Waals surface area contributed by atoms with Gasteiger partial charge < -0.3 is 15.5 Å². The van der Waals surface area contributed by atoms with Crippen LogP contribution >= 0.6 is 11.8 Å². The highest BCUT2D eigenvalue weighted by molar-refractivity contribution is 8.00. The topological polar surface area (TPSA) is 116 Å². The smallest absolute Gasteiger partial charge is 0.354 e. The molecule has 0 fully saturated rings. The lowest BCUT2D eigenvalue weighted by Crippen LogP contribution is -2.49. The second-order valence-corrected chi connectivity index (χ2v) is 6.24. The number of hydrogen-bond donors (Lipinski definition) is 3. The van der Waals surface area contributed by atoms with Crippen molar-refractivity contribution in [2.45, 2.75) is 17.8 Å². The molecule has 0 saturated heterocycles. The molecule has 1 heterocycles. The molecular formula is C16H16N2O5S. The van der Waals surface area contributed by atoms with Gasteiger partial charge in [-0.2, -0.15) is 0 Å². The van der Waals surface area contributed by atoms with Crippen molar-refractivity contribution < 1.29 is 24.6 Å². The fraction of sp³-hybridized carbons (Fsp3) is 0.250. The molecule has 2 rings (SSSR count). The van der Waals surface area contributed by atoms with Gasteiger partial charge in [-0.25, -0.2) is 9.59 Å². The molecular weight excluding hydrogens is 332 g/mol. The predicted molar refractivity (Wildman–Crippen MR) is 90.2 cm³/mol. The molecule has 0 saturated carbocycles. The van der Waals surface area contributed by atoms with Gasteiger partial charge in [-0.1, -0.05) is 36.9 Å². The molecule has 0 spiro atoms. The maximum absolute atomic E-state index is 12.1. The second-order valence-electron chi connectivity index (χ2n) is 5.13. The zero-order valence-corrected chi connectivity index (χ0v) is 13.5. The highest BCUT2D eigenvalue weighted by atomic mass is 32.2. The number of nitrogens with zero attached hydrogens (tertiary/aromatic N) is 1. The van der Waals surface area contributed by atoms with E-state index in [-0.39, 0.29) is 17.9 Å². The first kappa shape index (κ1) is 17.7. The van der Waals surface area contributed by atoms with E-state index in [1.807, 2.05) is 6.07 Å². The van der Waals surface area contributed by atoms with E-state index >= 15 is 0 Å². The van der Waals surface area contributed by atoms with Crippen molar-refractivity contribution in [3.05, 3.63) is 48.0 Å². The number of carbonyl (C=O) groups excluding carboxylic acids is 1. The molecule has 1 aromatic rings. The van der Waals surface area contributed by atoms with E-state index in [2.05, 4.69) is 16.9 Å². The number of nitrogens with one attached hydrogen (secondary N) is 1. The third-order valence-corrected chi connectivity index (χ3v) is 4.53. The number of carboxylic acids is 2. The molecule has 8 heteroatoms. The molecule has 3 N–H and O–H groups in total. The van der Waals surface area contributed by atoms with Crippen LogP contribution in [0, 0.1) is 0 Å². The van der Waals surface area contributed by atoms with Gasteiger partial charge in [0.1, 0.15) is 11.1 Å². The van der Waals surface area contributed by atoms with Crippen molar-refractivity contribution >= 4 is 35.3 Å². The first-order valence-electron chi connectivity index (χ1n) is 7.05. The Morgan fingerprint density at radius 1 is 1.29 bits per heavy atom. The molecule has 0 aromatic heterocycles. The minimum atomic E-state index is -1.31. The lowest BCUT2D eigenvalue weighted by molar-refractivity contribution is -0.141. The van der Waals surface area contributed by atoms with Crippen molar-refractivity contribution in [3.63, 3.8) is 0 Å². The first-order chi connectivity index (χ1) is 11.4. The van der Waals surface area contributed by atoms with E-state index in [9.17, 15) is 19.5 Å². The molecule has 1 amide bonds. The Kier molecular flexibility index (Phi) is 5.75. The van der Waals surface area contributed by atoms with Gasteiger partial charge in [-0.05, 0) is 11.1 Å². The molecule has 24 heavy (non-hydrogen) atoms. The summed E-state index contributed by atoms with van der Waals surface area (Å²) in [6.45, 7) is 3.61. The summed E-state index contributed by atoms with van der Waals surface area (Å²) in [4.78, 5) is 38.6. The molecule has 1 aromatic carbocycles. The Morgan fingerprint density at radius 2 is 1.96 bits per heavy atom. The Labute approximate surface area is 142 Å². The molecule has 1 aliphatic heterocycles. The summed E-state index contributed by atoms with van der Waals surface area (Å²) in [5.41, 5.74) is 0.823. The standard InChI is InChI=1S/C16H16N2O5S/c1-9-8-24-14(18-12(9)15(20)21)13(16(22)23)17-11(19)7-10-5-3-2-4-6-10/h2-6,13-14H,1,7-8H2,(H,17,19)(H,20,21)(H,22,23)/t13-,14+/m0/s1. The van der Waals surface area contributed by atoms with Crippen LogP contribution in [0.4, 0.5) is 0 Å². The summed E-state index contributed by atoms with van der Waals surface area (Å²) in [6, 6.07) is 7.58. The summed E-state index contributed by atoms with van der Waals surface area (Å²) >= 11 is 1.13. The average Bonchev–Trinajstić information content (AvgIpc) is 2.53. The largest absolute Gasteiger partial charge is 0.480 e. The van der Waals surface area contributed by atoms with E-state index < -0.39 is 29.3 Å². The Bertz CT molecular complexity index is 702. The highest BCUT2D eigenvalue weighted by Gasteiger charge is 2.34. The molecule has 1 aliphatic rings. The second kappa shape index (κ2) is 7.78. The van der Waals surface area contributed by atoms with E-state index in [1.54, 1.807) is 24.3 Å². The van der Waals surface area contributed by atoms with Crippen LogP contribution in [0.1, 0.15) is 5.56 Å². The molecule has 2 atom stereocenters. The van der Waals surface area contributed by atoms with Crippen molar-refractivity contribution in [3.8, 4) is 0 Å². The number of amides is 1. The summed E-state index contributed by atoms with van der Waals surface area (Å²) in [5, 5.41) is 20.0. The molecule has 0 aliphatic carbocycles. The summed E-state index contributed by atoms with van der Waals surface area (Å²) < 4.78 is 0. The first-order valence-corrected chi connectivity index (χ1v) is 8.10. The number of rotatable bonds is 6. The number of aliphatic imine (C=N–C) groups is 1. The number of hydrogen-bond acceptors (Lipinski definition) is 5. The normalized spacial score (nSPS) is 18.4. The lowest BCUT2D eigenvalue weighted by Gasteiger charge is -2.25. The van der Waals surface area contributed by atoms with Crippen molar-refractivity contribution in [2.75, 3.05) is 5.75 Å². The Balaban J connectivity index is 2.12. The van der Waals surface area contributed by atoms with Gasteiger partial charge in [0, 0.05) is 5.75 Å². The average molecular weight is 348 g/mol. The van der Waals surface area contributed by atoms with Gasteiger partial charge in [-0.3, -0.25) is 9.79 Å². The summed E-state index contributed by atoms with van der Waals surface area (Å²) in [7, 11) is 0. The molecule has 126 valence electrons. The summed E-state index contributed by atoms with van der Waals surface area (Å²) in [6.07, 6.45) is 0.0320. The predicted octanol–water partition coefficient (Wildman–Crippen LogP) is 0.953. The van der Waals surface area contributed by atoms with Crippen LogP contribution in [0.2, 0.25) is 0 Å². The van der Waals surface area contributed by atoms with Crippen molar-refractivity contribution in [1.82, 2.24) is 5.32 Å². The van der Waals surface area contributed by atoms with Gasteiger partial charge in [0.2, 0.25) is 5.91 Å². The molecule has 0 bridgehead atoms. The van der Waals surface area contributed by atoms with Crippen molar-refractivity contribution in [1.29, 1.82) is 0 Å². The lowest BCUT2D eigenvalue weighted by atomic mass is 10.1. The van der Waals surface area contributed by atoms with Gasteiger partial charge in [0.25, 0.3) is 0 Å². The minimum absolute atomic E-state index is 0.0320. The third kappa shape index (κ3) is 4.45. The third-order valence-electron chi connectivity index (χ3n) is 3.30. The summed E-state index contributed by atoms with van der Waals surface area (Å²) in [5.74, 6) is -2.75. The maximum Gasteiger partial charge on any atom is 0.354 e. The van der Waals surface area contributed by atoms with Crippen molar-refractivity contribution in [2.24, 2.45) is 4.99 Å². The number of benzene rings is 1. The monoisotopic (exact) mass is 348 g/mol. The van der Waals surface area contributed by atoms with E-state index in [1.165, 1.54) is 0 Å². The minimum Gasteiger partial charge on any atom is -0.480 e. The van der Waals surface area contributed by atoms with Crippen LogP contribution in [-0.4, -0.2) is 50.9 Å².